The van der Waals surface area contributed by atoms with Gasteiger partial charge in [0.05, 0.1) is 0 Å². The highest BCUT2D eigenvalue weighted by Crippen LogP contribution is 2.44. The molecule has 1 heterocycles. The van der Waals surface area contributed by atoms with Gasteiger partial charge in [-0.05, 0) is 111 Å². The summed E-state index contributed by atoms with van der Waals surface area (Å²) in [6.45, 7) is 0. The van der Waals surface area contributed by atoms with E-state index >= 15 is 0 Å². The molecule has 0 bridgehead atoms. The van der Waals surface area contributed by atoms with Crippen LogP contribution >= 0.6 is 11.3 Å². The second-order valence-corrected chi connectivity index (χ2v) is 15.5. The summed E-state index contributed by atoms with van der Waals surface area (Å²) < 4.78 is 2.67. The molecule has 1 nitrogen and oxygen atoms in total. The molecule has 1 unspecified atom stereocenters. The molecule has 0 radical (unpaired) electrons. The number of thiophene rings is 1. The van der Waals surface area contributed by atoms with Crippen LogP contribution in [-0.4, -0.2) is 0 Å². The Bertz CT molecular complexity index is 2850. The van der Waals surface area contributed by atoms with Crippen molar-refractivity contribution >= 4 is 48.6 Å². The smallest absolute Gasteiger partial charge is 0.0462 e. The first-order chi connectivity index (χ1) is 27.8. The van der Waals surface area contributed by atoms with Crippen molar-refractivity contribution in [2.45, 2.75) is 12.3 Å². The quantitative estimate of drug-likeness (QED) is 0.150. The molecule has 0 amide bonds. The van der Waals surface area contributed by atoms with Crippen molar-refractivity contribution in [3.8, 4) is 44.5 Å². The van der Waals surface area contributed by atoms with Gasteiger partial charge in [0, 0.05) is 43.2 Å². The van der Waals surface area contributed by atoms with Crippen molar-refractivity contribution in [3.63, 3.8) is 0 Å². The van der Waals surface area contributed by atoms with E-state index in [1.807, 2.05) is 11.3 Å². The van der Waals surface area contributed by atoms with E-state index in [0.717, 1.165) is 23.5 Å². The Hall–Kier alpha value is -6.74. The van der Waals surface area contributed by atoms with Crippen molar-refractivity contribution in [2.24, 2.45) is 0 Å². The van der Waals surface area contributed by atoms with Crippen molar-refractivity contribution in [3.05, 3.63) is 224 Å². The lowest BCUT2D eigenvalue weighted by Crippen LogP contribution is -2.10. The van der Waals surface area contributed by atoms with Crippen LogP contribution in [0.4, 0.5) is 17.1 Å². The number of rotatable bonds is 8. The summed E-state index contributed by atoms with van der Waals surface area (Å²) in [6, 6.07) is 70.8. The van der Waals surface area contributed by atoms with Crippen LogP contribution in [0.15, 0.2) is 218 Å². The third-order valence-corrected chi connectivity index (χ3v) is 12.2. The average molecular weight is 734 g/mol. The monoisotopic (exact) mass is 733 g/mol. The summed E-state index contributed by atoms with van der Waals surface area (Å²) >= 11 is 1.89. The Balaban J connectivity index is 1.06. The molecule has 0 spiro atoms. The van der Waals surface area contributed by atoms with Crippen LogP contribution in [0.5, 0.6) is 0 Å². The molecular weight excluding hydrogens is 695 g/mol. The van der Waals surface area contributed by atoms with E-state index in [9.17, 15) is 0 Å². The Morgan fingerprint density at radius 3 is 1.50 bits per heavy atom. The third-order valence-electron chi connectivity index (χ3n) is 11.0. The van der Waals surface area contributed by atoms with Gasteiger partial charge in [0.1, 0.15) is 0 Å². The van der Waals surface area contributed by atoms with Gasteiger partial charge in [-0.2, -0.15) is 0 Å². The van der Waals surface area contributed by atoms with Crippen LogP contribution in [0, 0.1) is 0 Å². The molecule has 8 aromatic carbocycles. The largest absolute Gasteiger partial charge is 0.311 e. The van der Waals surface area contributed by atoms with Crippen molar-refractivity contribution in [1.82, 2.24) is 0 Å². The van der Waals surface area contributed by atoms with Gasteiger partial charge in [-0.15, -0.1) is 11.3 Å². The van der Waals surface area contributed by atoms with E-state index in [1.54, 1.807) is 0 Å². The fourth-order valence-electron chi connectivity index (χ4n) is 8.22. The molecule has 0 saturated heterocycles. The maximum Gasteiger partial charge on any atom is 0.0462 e. The SMILES string of the molecule is C1=CCC(c2cc3c(cc2-c2ccc(N(c4ccc(-c5ccccc5)cc4)c4ccc(-c5ccccc5-c5ccccc5)cc4)cc2)sc2ccccc23)C=C1. The third kappa shape index (κ3) is 6.45. The lowest BCUT2D eigenvalue weighted by molar-refractivity contribution is 0.857. The Labute approximate surface area is 332 Å². The van der Waals surface area contributed by atoms with Gasteiger partial charge < -0.3 is 4.90 Å². The van der Waals surface area contributed by atoms with E-state index in [4.69, 9.17) is 0 Å². The van der Waals surface area contributed by atoms with E-state index < -0.39 is 0 Å². The molecule has 1 aromatic heterocycles. The Morgan fingerprint density at radius 1 is 0.393 bits per heavy atom. The zero-order chi connectivity index (χ0) is 37.3. The van der Waals surface area contributed by atoms with Gasteiger partial charge in [-0.25, -0.2) is 0 Å². The minimum absolute atomic E-state index is 0.336. The van der Waals surface area contributed by atoms with E-state index in [2.05, 4.69) is 223 Å². The average Bonchev–Trinajstić information content (AvgIpc) is 3.65. The van der Waals surface area contributed by atoms with Gasteiger partial charge in [0.25, 0.3) is 0 Å². The molecule has 2 heteroatoms. The minimum Gasteiger partial charge on any atom is -0.311 e. The fraction of sp³-hybridized carbons (Fsp3) is 0.0370. The predicted molar refractivity (Wildman–Crippen MR) is 241 cm³/mol. The maximum atomic E-state index is 2.46. The Morgan fingerprint density at radius 2 is 0.893 bits per heavy atom. The predicted octanol–water partition coefficient (Wildman–Crippen LogP) is 15.8. The first kappa shape index (κ1) is 33.8. The molecule has 1 aliphatic carbocycles. The molecule has 0 aliphatic heterocycles. The highest BCUT2D eigenvalue weighted by atomic mass is 32.1. The van der Waals surface area contributed by atoms with Crippen molar-refractivity contribution in [2.75, 3.05) is 4.90 Å². The zero-order valence-electron chi connectivity index (χ0n) is 30.9. The number of allylic oxidation sites excluding steroid dienone is 4. The molecule has 9 aromatic rings. The van der Waals surface area contributed by atoms with Gasteiger partial charge in [-0.1, -0.05) is 164 Å². The van der Waals surface area contributed by atoms with E-state index in [-0.39, 0.29) is 0 Å². The number of hydrogen-bond acceptors (Lipinski definition) is 2. The lowest BCUT2D eigenvalue weighted by atomic mass is 9.85. The fourth-order valence-corrected chi connectivity index (χ4v) is 9.35. The van der Waals surface area contributed by atoms with Crippen LogP contribution in [0.1, 0.15) is 17.9 Å². The molecule has 1 atom stereocenters. The lowest BCUT2D eigenvalue weighted by Gasteiger charge is -2.26. The second-order valence-electron chi connectivity index (χ2n) is 14.4. The van der Waals surface area contributed by atoms with Crippen LogP contribution in [0.3, 0.4) is 0 Å². The minimum atomic E-state index is 0.336. The summed E-state index contributed by atoms with van der Waals surface area (Å²) in [5.74, 6) is 0.336. The molecular formula is C54H39NS. The molecule has 0 N–H and O–H groups in total. The van der Waals surface area contributed by atoms with E-state index in [1.165, 1.54) is 70.2 Å². The zero-order valence-corrected chi connectivity index (χ0v) is 31.7. The normalized spacial score (nSPS) is 13.7. The van der Waals surface area contributed by atoms with Gasteiger partial charge >= 0.3 is 0 Å². The van der Waals surface area contributed by atoms with Crippen LogP contribution < -0.4 is 4.90 Å². The molecule has 1 aliphatic rings. The topological polar surface area (TPSA) is 3.24 Å². The number of fused-ring (bicyclic) bond motifs is 3. The first-order valence-electron chi connectivity index (χ1n) is 19.4. The standard InChI is InChI=1S/C54H39NS/c1-4-14-38(15-5-1)39-24-30-44(31-25-39)55(45-32-26-42(27-33-45)48-21-11-10-20-47(48)40-16-6-2-7-17-40)46-34-28-43(29-35-46)51-37-54-52(49-22-12-13-23-53(49)56-54)36-50(51)41-18-8-3-9-19-41/h1-18,20-37,41H,19H2. The maximum absolute atomic E-state index is 2.46. The second kappa shape index (κ2) is 14.8. The van der Waals surface area contributed by atoms with Crippen LogP contribution in [0.2, 0.25) is 0 Å². The van der Waals surface area contributed by atoms with Crippen LogP contribution in [-0.2, 0) is 0 Å². The summed E-state index contributed by atoms with van der Waals surface area (Å²) in [7, 11) is 0. The van der Waals surface area contributed by atoms with Crippen LogP contribution in [0.25, 0.3) is 64.7 Å². The summed E-state index contributed by atoms with van der Waals surface area (Å²) in [5.41, 5.74) is 14.5. The van der Waals surface area contributed by atoms with Gasteiger partial charge in [0.15, 0.2) is 0 Å². The highest BCUT2D eigenvalue weighted by Gasteiger charge is 2.19. The van der Waals surface area contributed by atoms with Gasteiger partial charge in [-0.3, -0.25) is 0 Å². The highest BCUT2D eigenvalue weighted by molar-refractivity contribution is 7.25. The molecule has 0 saturated carbocycles. The first-order valence-corrected chi connectivity index (χ1v) is 20.2. The Kier molecular flexibility index (Phi) is 8.95. The number of anilines is 3. The summed E-state index contributed by atoms with van der Waals surface area (Å²) in [6.07, 6.45) is 10.0. The number of nitrogens with zero attached hydrogens (tertiary/aromatic N) is 1. The van der Waals surface area contributed by atoms with E-state index in [0.29, 0.717) is 5.92 Å². The molecule has 266 valence electrons. The summed E-state index contributed by atoms with van der Waals surface area (Å²) in [4.78, 5) is 2.37. The van der Waals surface area contributed by atoms with Gasteiger partial charge in [0.2, 0.25) is 0 Å². The van der Waals surface area contributed by atoms with Crippen molar-refractivity contribution < 1.29 is 0 Å². The number of benzene rings is 8. The molecule has 0 fully saturated rings. The summed E-state index contributed by atoms with van der Waals surface area (Å²) in [5, 5.41) is 2.69. The molecule has 56 heavy (non-hydrogen) atoms. The van der Waals surface area contributed by atoms with Crippen molar-refractivity contribution in [1.29, 1.82) is 0 Å². The molecule has 10 rings (SSSR count). The number of hydrogen-bond donors (Lipinski definition) is 0.